The van der Waals surface area contributed by atoms with Crippen LogP contribution < -0.4 is 4.72 Å². The number of hydrogen-bond acceptors (Lipinski definition) is 3. The van der Waals surface area contributed by atoms with Gasteiger partial charge in [0.15, 0.2) is 0 Å². The lowest BCUT2D eigenvalue weighted by Crippen LogP contribution is -2.41. The van der Waals surface area contributed by atoms with Crippen molar-refractivity contribution >= 4 is 16.2 Å². The Morgan fingerprint density at radius 2 is 1.80 bits per heavy atom. The summed E-state index contributed by atoms with van der Waals surface area (Å²) in [4.78, 5) is 10.5. The second-order valence-electron chi connectivity index (χ2n) is 5.61. The molecule has 118 valence electrons. The van der Waals surface area contributed by atoms with Gasteiger partial charge in [-0.3, -0.25) is 4.79 Å². The molecule has 1 fully saturated rings. The summed E-state index contributed by atoms with van der Waals surface area (Å²) in [6.45, 7) is 2.65. The van der Waals surface area contributed by atoms with Crippen molar-refractivity contribution in [3.8, 4) is 0 Å². The van der Waals surface area contributed by atoms with Crippen molar-refractivity contribution in [1.29, 1.82) is 0 Å². The van der Waals surface area contributed by atoms with Crippen molar-refractivity contribution in [2.45, 2.75) is 45.4 Å². The maximum Gasteiger partial charge on any atom is 0.304 e. The smallest absolute Gasteiger partial charge is 0.304 e. The Kier molecular flexibility index (Phi) is 6.91. The number of carboxylic acid groups (broad SMARTS) is 1. The molecule has 7 heteroatoms. The largest absolute Gasteiger partial charge is 0.481 e. The molecule has 2 N–H and O–H groups in total. The van der Waals surface area contributed by atoms with E-state index in [1.807, 2.05) is 0 Å². The summed E-state index contributed by atoms with van der Waals surface area (Å²) in [5.74, 6) is 0.200. The molecule has 0 atom stereocenters. The first kappa shape index (κ1) is 17.4. The quantitative estimate of drug-likeness (QED) is 0.710. The van der Waals surface area contributed by atoms with Crippen LogP contribution in [0.15, 0.2) is 0 Å². The number of nitrogens with one attached hydrogen (secondary N) is 1. The first-order valence-corrected chi connectivity index (χ1v) is 8.71. The van der Waals surface area contributed by atoms with Crippen molar-refractivity contribution < 1.29 is 18.3 Å². The van der Waals surface area contributed by atoms with Crippen molar-refractivity contribution in [3.05, 3.63) is 0 Å². The van der Waals surface area contributed by atoms with Gasteiger partial charge >= 0.3 is 5.97 Å². The van der Waals surface area contributed by atoms with Gasteiger partial charge in [0.1, 0.15) is 0 Å². The molecular weight excluding hydrogens is 280 g/mol. The standard InChI is InChI=1S/C13H26N2O4S/c1-3-11-4-6-12(7-5-11)10-14-20(18,19)15(2)9-8-13(16)17/h11-12,14H,3-10H2,1-2H3,(H,16,17). The van der Waals surface area contributed by atoms with E-state index >= 15 is 0 Å². The lowest BCUT2D eigenvalue weighted by Gasteiger charge is -2.28. The molecule has 0 aromatic heterocycles. The monoisotopic (exact) mass is 306 g/mol. The number of carboxylic acids is 1. The van der Waals surface area contributed by atoms with Gasteiger partial charge in [-0.1, -0.05) is 26.2 Å². The number of nitrogens with zero attached hydrogens (tertiary/aromatic N) is 1. The maximum absolute atomic E-state index is 11.9. The van der Waals surface area contributed by atoms with E-state index in [2.05, 4.69) is 11.6 Å². The second-order valence-corrected chi connectivity index (χ2v) is 7.48. The highest BCUT2D eigenvalue weighted by Crippen LogP contribution is 2.30. The molecule has 0 heterocycles. The van der Waals surface area contributed by atoms with E-state index in [9.17, 15) is 13.2 Å². The van der Waals surface area contributed by atoms with Gasteiger partial charge in [0, 0.05) is 20.1 Å². The zero-order valence-electron chi connectivity index (χ0n) is 12.3. The fourth-order valence-electron chi connectivity index (χ4n) is 2.55. The first-order valence-electron chi connectivity index (χ1n) is 7.27. The highest BCUT2D eigenvalue weighted by Gasteiger charge is 2.23. The molecule has 1 aliphatic rings. The Hall–Kier alpha value is -0.660. The molecule has 0 spiro atoms. The van der Waals surface area contributed by atoms with Crippen LogP contribution in [0.3, 0.4) is 0 Å². The first-order chi connectivity index (χ1) is 9.35. The Morgan fingerprint density at radius 3 is 2.30 bits per heavy atom. The Bertz CT molecular complexity index is 403. The Labute approximate surface area is 121 Å². The predicted molar refractivity (Wildman–Crippen MR) is 77.5 cm³/mol. The van der Waals surface area contributed by atoms with Crippen molar-refractivity contribution in [1.82, 2.24) is 9.03 Å². The maximum atomic E-state index is 11.9. The second kappa shape index (κ2) is 7.95. The molecule has 0 saturated heterocycles. The van der Waals surface area contributed by atoms with Gasteiger partial charge in [0.2, 0.25) is 0 Å². The summed E-state index contributed by atoms with van der Waals surface area (Å²) in [7, 11) is -2.15. The minimum Gasteiger partial charge on any atom is -0.481 e. The molecule has 6 nitrogen and oxygen atoms in total. The average Bonchev–Trinajstić information content (AvgIpc) is 2.43. The van der Waals surface area contributed by atoms with Gasteiger partial charge in [-0.2, -0.15) is 12.7 Å². The molecule has 1 aliphatic carbocycles. The van der Waals surface area contributed by atoms with E-state index in [0.717, 1.165) is 23.1 Å². The topological polar surface area (TPSA) is 86.7 Å². The van der Waals surface area contributed by atoms with Crippen LogP contribution in [0.5, 0.6) is 0 Å². The Balaban J connectivity index is 2.34. The lowest BCUT2D eigenvalue weighted by molar-refractivity contribution is -0.137. The zero-order chi connectivity index (χ0) is 15.2. The third kappa shape index (κ3) is 5.76. The zero-order valence-corrected chi connectivity index (χ0v) is 13.2. The van der Waals surface area contributed by atoms with E-state index in [1.165, 1.54) is 26.3 Å². The predicted octanol–water partition coefficient (Wildman–Crippen LogP) is 1.44. The van der Waals surface area contributed by atoms with Gasteiger partial charge in [-0.25, -0.2) is 4.72 Å². The number of carbonyl (C=O) groups is 1. The van der Waals surface area contributed by atoms with E-state index < -0.39 is 16.2 Å². The molecule has 0 aliphatic heterocycles. The van der Waals surface area contributed by atoms with E-state index in [1.54, 1.807) is 0 Å². The summed E-state index contributed by atoms with van der Waals surface area (Å²) in [6.07, 6.45) is 5.52. The Morgan fingerprint density at radius 1 is 1.25 bits per heavy atom. The van der Waals surface area contributed by atoms with E-state index in [4.69, 9.17) is 5.11 Å². The van der Waals surface area contributed by atoms with Crippen LogP contribution in [0, 0.1) is 11.8 Å². The number of rotatable bonds is 8. The van der Waals surface area contributed by atoms with Crippen LogP contribution in [0.1, 0.15) is 45.4 Å². The van der Waals surface area contributed by atoms with E-state index in [0.29, 0.717) is 12.5 Å². The van der Waals surface area contributed by atoms with Gasteiger partial charge in [-0.15, -0.1) is 0 Å². The number of hydrogen-bond donors (Lipinski definition) is 2. The fraction of sp³-hybridized carbons (Fsp3) is 0.923. The summed E-state index contributed by atoms with van der Waals surface area (Å²) >= 11 is 0. The lowest BCUT2D eigenvalue weighted by atomic mass is 9.81. The van der Waals surface area contributed by atoms with Crippen molar-refractivity contribution in [3.63, 3.8) is 0 Å². The van der Waals surface area contributed by atoms with Crippen LogP contribution >= 0.6 is 0 Å². The molecule has 20 heavy (non-hydrogen) atoms. The summed E-state index contributed by atoms with van der Waals surface area (Å²) in [5.41, 5.74) is 0. The average molecular weight is 306 g/mol. The molecule has 0 bridgehead atoms. The summed E-state index contributed by atoms with van der Waals surface area (Å²) < 4.78 is 27.5. The van der Waals surface area contributed by atoms with Crippen molar-refractivity contribution in [2.24, 2.45) is 11.8 Å². The highest BCUT2D eigenvalue weighted by atomic mass is 32.2. The highest BCUT2D eigenvalue weighted by molar-refractivity contribution is 7.87. The van der Waals surface area contributed by atoms with Crippen LogP contribution in [0.25, 0.3) is 0 Å². The SMILES string of the molecule is CCC1CCC(CNS(=O)(=O)N(C)CCC(=O)O)CC1. The third-order valence-corrected chi connectivity index (χ3v) is 5.68. The summed E-state index contributed by atoms with van der Waals surface area (Å²) in [6, 6.07) is 0. The van der Waals surface area contributed by atoms with Gasteiger partial charge in [0.05, 0.1) is 6.42 Å². The van der Waals surface area contributed by atoms with Crippen LogP contribution in [-0.4, -0.2) is 43.9 Å². The van der Waals surface area contributed by atoms with Crippen LogP contribution in [-0.2, 0) is 15.0 Å². The van der Waals surface area contributed by atoms with Crippen molar-refractivity contribution in [2.75, 3.05) is 20.1 Å². The molecule has 0 aromatic carbocycles. The minimum atomic E-state index is -3.55. The van der Waals surface area contributed by atoms with Gasteiger partial charge < -0.3 is 5.11 Å². The number of aliphatic carboxylic acids is 1. The molecule has 0 amide bonds. The van der Waals surface area contributed by atoms with E-state index in [-0.39, 0.29) is 13.0 Å². The van der Waals surface area contributed by atoms with Crippen LogP contribution in [0.4, 0.5) is 0 Å². The summed E-state index contributed by atoms with van der Waals surface area (Å²) in [5, 5.41) is 8.57. The van der Waals surface area contributed by atoms with Gasteiger partial charge in [-0.05, 0) is 24.7 Å². The normalized spacial score (nSPS) is 23.9. The van der Waals surface area contributed by atoms with Gasteiger partial charge in [0.25, 0.3) is 10.2 Å². The molecule has 1 saturated carbocycles. The molecule has 0 radical (unpaired) electrons. The van der Waals surface area contributed by atoms with Crippen LogP contribution in [0.2, 0.25) is 0 Å². The molecule has 1 rings (SSSR count). The fourth-order valence-corrected chi connectivity index (χ4v) is 3.55. The molecule has 0 aromatic rings. The minimum absolute atomic E-state index is 0.00670. The molecule has 0 unspecified atom stereocenters. The third-order valence-electron chi connectivity index (χ3n) is 4.15. The molecular formula is C13H26N2O4S.